The van der Waals surface area contributed by atoms with Gasteiger partial charge in [0, 0.05) is 11.5 Å². The molecule has 0 radical (unpaired) electrons. The second-order valence-corrected chi connectivity index (χ2v) is 6.34. The number of carbonyl (C=O) groups is 1. The number of aliphatic hydroxyl groups excluding tert-OH is 1. The minimum Gasteiger partial charge on any atom is -0.396 e. The quantitative estimate of drug-likeness (QED) is 0.891. The number of aromatic nitrogens is 2. The maximum Gasteiger partial charge on any atom is 0.241 e. The van der Waals surface area contributed by atoms with Crippen molar-refractivity contribution in [3.05, 3.63) is 16.4 Å². The summed E-state index contributed by atoms with van der Waals surface area (Å²) in [6, 6.07) is 0.0347. The van der Waals surface area contributed by atoms with Gasteiger partial charge in [-0.15, -0.1) is 0 Å². The Morgan fingerprint density at radius 3 is 2.85 bits per heavy atom. The third-order valence-electron chi connectivity index (χ3n) is 4.36. The molecule has 0 saturated heterocycles. The van der Waals surface area contributed by atoms with Crippen LogP contribution in [0.5, 0.6) is 0 Å². The van der Waals surface area contributed by atoms with Crippen LogP contribution in [-0.2, 0) is 11.3 Å². The molecular weight excluding hydrogens is 278 g/mol. The first kappa shape index (κ1) is 15.3. The summed E-state index contributed by atoms with van der Waals surface area (Å²) in [7, 11) is 0. The molecule has 1 aromatic heterocycles. The average molecular weight is 300 g/mol. The van der Waals surface area contributed by atoms with Crippen molar-refractivity contribution >= 4 is 17.5 Å². The van der Waals surface area contributed by atoms with Gasteiger partial charge in [0.05, 0.1) is 23.0 Å². The highest BCUT2D eigenvalue weighted by Gasteiger charge is 2.39. The fourth-order valence-electron chi connectivity index (χ4n) is 2.87. The first-order valence-electron chi connectivity index (χ1n) is 6.97. The van der Waals surface area contributed by atoms with E-state index in [2.05, 4.69) is 10.4 Å². The summed E-state index contributed by atoms with van der Waals surface area (Å²) in [6.45, 7) is 5.96. The number of nitrogens with zero attached hydrogens (tertiary/aromatic N) is 2. The first-order chi connectivity index (χ1) is 9.37. The number of aliphatic hydroxyl groups is 1. The number of halogens is 1. The molecule has 1 aliphatic carbocycles. The van der Waals surface area contributed by atoms with E-state index in [-0.39, 0.29) is 30.5 Å². The number of hydrogen-bond acceptors (Lipinski definition) is 3. The largest absolute Gasteiger partial charge is 0.396 e. The Bertz CT molecular complexity index is 515. The molecule has 5 nitrogen and oxygen atoms in total. The molecule has 2 unspecified atom stereocenters. The molecule has 2 atom stereocenters. The molecule has 0 spiro atoms. The molecule has 1 heterocycles. The summed E-state index contributed by atoms with van der Waals surface area (Å²) in [6.07, 6.45) is 2.90. The van der Waals surface area contributed by atoms with Gasteiger partial charge in [-0.3, -0.25) is 9.48 Å². The van der Waals surface area contributed by atoms with Crippen LogP contribution >= 0.6 is 11.6 Å². The van der Waals surface area contributed by atoms with Crippen LogP contribution in [0, 0.1) is 19.3 Å². The van der Waals surface area contributed by atoms with Gasteiger partial charge in [0.25, 0.3) is 0 Å². The SMILES string of the molecule is Cc1nn(CC(=O)NC2CCCC2(C)CO)c(C)c1Cl. The van der Waals surface area contributed by atoms with Gasteiger partial charge in [0.15, 0.2) is 0 Å². The summed E-state index contributed by atoms with van der Waals surface area (Å²) >= 11 is 6.07. The van der Waals surface area contributed by atoms with Crippen LogP contribution in [0.2, 0.25) is 5.02 Å². The average Bonchev–Trinajstić information content (AvgIpc) is 2.87. The van der Waals surface area contributed by atoms with E-state index in [9.17, 15) is 9.90 Å². The molecule has 0 bridgehead atoms. The molecular formula is C14H22ClN3O2. The minimum atomic E-state index is -0.206. The number of carbonyl (C=O) groups excluding carboxylic acids is 1. The molecule has 1 aliphatic rings. The lowest BCUT2D eigenvalue weighted by atomic mass is 9.86. The first-order valence-corrected chi connectivity index (χ1v) is 7.35. The molecule has 2 N–H and O–H groups in total. The van der Waals surface area contributed by atoms with Gasteiger partial charge in [0.2, 0.25) is 5.91 Å². The Kier molecular flexibility index (Phi) is 4.39. The maximum atomic E-state index is 12.1. The second-order valence-electron chi connectivity index (χ2n) is 5.97. The van der Waals surface area contributed by atoms with Crippen molar-refractivity contribution in [2.24, 2.45) is 5.41 Å². The van der Waals surface area contributed by atoms with E-state index in [1.807, 2.05) is 20.8 Å². The summed E-state index contributed by atoms with van der Waals surface area (Å²) in [5, 5.41) is 17.4. The smallest absolute Gasteiger partial charge is 0.241 e. The predicted molar refractivity (Wildman–Crippen MR) is 77.7 cm³/mol. The molecule has 1 saturated carbocycles. The summed E-state index contributed by atoms with van der Waals surface area (Å²) in [4.78, 5) is 12.1. The van der Waals surface area contributed by atoms with Gasteiger partial charge in [-0.05, 0) is 26.7 Å². The Morgan fingerprint density at radius 1 is 1.60 bits per heavy atom. The van der Waals surface area contributed by atoms with Crippen LogP contribution in [0.4, 0.5) is 0 Å². The highest BCUT2D eigenvalue weighted by atomic mass is 35.5. The fourth-order valence-corrected chi connectivity index (χ4v) is 3.01. The van der Waals surface area contributed by atoms with E-state index in [4.69, 9.17) is 11.6 Å². The zero-order valence-corrected chi connectivity index (χ0v) is 13.0. The van der Waals surface area contributed by atoms with Crippen LogP contribution in [-0.4, -0.2) is 33.4 Å². The van der Waals surface area contributed by atoms with E-state index in [0.29, 0.717) is 5.02 Å². The Labute approximate surface area is 124 Å². The van der Waals surface area contributed by atoms with Gasteiger partial charge >= 0.3 is 0 Å². The molecule has 2 rings (SSSR count). The van der Waals surface area contributed by atoms with Crippen molar-refractivity contribution in [2.75, 3.05) is 6.61 Å². The topological polar surface area (TPSA) is 67.2 Å². The molecule has 0 aliphatic heterocycles. The molecule has 6 heteroatoms. The van der Waals surface area contributed by atoms with Crippen LogP contribution in [0.15, 0.2) is 0 Å². The van der Waals surface area contributed by atoms with Gasteiger partial charge < -0.3 is 10.4 Å². The van der Waals surface area contributed by atoms with Gasteiger partial charge in [-0.2, -0.15) is 5.10 Å². The lowest BCUT2D eigenvalue weighted by Gasteiger charge is -2.30. The Morgan fingerprint density at radius 2 is 2.30 bits per heavy atom. The van der Waals surface area contributed by atoms with Crippen LogP contribution in [0.25, 0.3) is 0 Å². The third kappa shape index (κ3) is 2.83. The van der Waals surface area contributed by atoms with Crippen molar-refractivity contribution in [1.29, 1.82) is 0 Å². The summed E-state index contributed by atoms with van der Waals surface area (Å²) in [5.74, 6) is -0.0844. The number of rotatable bonds is 4. The number of nitrogens with one attached hydrogen (secondary N) is 1. The highest BCUT2D eigenvalue weighted by molar-refractivity contribution is 6.31. The molecule has 0 aromatic carbocycles. The maximum absolute atomic E-state index is 12.1. The van der Waals surface area contributed by atoms with Crippen LogP contribution < -0.4 is 5.32 Å². The molecule has 1 aromatic rings. The number of hydrogen-bond donors (Lipinski definition) is 2. The predicted octanol–water partition coefficient (Wildman–Crippen LogP) is 1.82. The number of aryl methyl sites for hydroxylation is 1. The van der Waals surface area contributed by atoms with E-state index in [0.717, 1.165) is 30.7 Å². The van der Waals surface area contributed by atoms with E-state index in [1.54, 1.807) is 4.68 Å². The Hall–Kier alpha value is -1.07. The summed E-state index contributed by atoms with van der Waals surface area (Å²) in [5.41, 5.74) is 1.33. The van der Waals surface area contributed by atoms with Crippen molar-refractivity contribution in [3.8, 4) is 0 Å². The monoisotopic (exact) mass is 299 g/mol. The molecule has 20 heavy (non-hydrogen) atoms. The van der Waals surface area contributed by atoms with E-state index >= 15 is 0 Å². The lowest BCUT2D eigenvalue weighted by molar-refractivity contribution is -0.123. The summed E-state index contributed by atoms with van der Waals surface area (Å²) < 4.78 is 1.62. The zero-order valence-electron chi connectivity index (χ0n) is 12.2. The zero-order chi connectivity index (χ0) is 14.9. The Balaban J connectivity index is 2.01. The van der Waals surface area contributed by atoms with Crippen LogP contribution in [0.1, 0.15) is 37.6 Å². The van der Waals surface area contributed by atoms with Crippen molar-refractivity contribution in [3.63, 3.8) is 0 Å². The minimum absolute atomic E-state index is 0.0347. The standard InChI is InChI=1S/C14H22ClN3O2/c1-9-13(15)10(2)18(17-9)7-12(20)16-11-5-4-6-14(11,3)8-19/h11,19H,4-8H2,1-3H3,(H,16,20). The second kappa shape index (κ2) is 5.74. The van der Waals surface area contributed by atoms with Crippen LogP contribution in [0.3, 0.4) is 0 Å². The van der Waals surface area contributed by atoms with Gasteiger partial charge in [0.1, 0.15) is 6.54 Å². The van der Waals surface area contributed by atoms with Gasteiger partial charge in [-0.1, -0.05) is 24.9 Å². The highest BCUT2D eigenvalue weighted by Crippen LogP contribution is 2.37. The van der Waals surface area contributed by atoms with Crippen molar-refractivity contribution in [1.82, 2.24) is 15.1 Å². The van der Waals surface area contributed by atoms with Crippen molar-refractivity contribution in [2.45, 2.75) is 52.6 Å². The fraction of sp³-hybridized carbons (Fsp3) is 0.714. The molecule has 1 fully saturated rings. The third-order valence-corrected chi connectivity index (χ3v) is 4.91. The van der Waals surface area contributed by atoms with E-state index < -0.39 is 0 Å². The van der Waals surface area contributed by atoms with E-state index in [1.165, 1.54) is 0 Å². The van der Waals surface area contributed by atoms with Gasteiger partial charge in [-0.25, -0.2) is 0 Å². The molecule has 1 amide bonds. The van der Waals surface area contributed by atoms with Crippen molar-refractivity contribution < 1.29 is 9.90 Å². The number of amides is 1. The lowest BCUT2D eigenvalue weighted by Crippen LogP contribution is -2.46. The normalized spacial score (nSPS) is 25.9. The molecule has 112 valence electrons.